The van der Waals surface area contributed by atoms with Crippen LogP contribution < -0.4 is 36.6 Å². The van der Waals surface area contributed by atoms with Gasteiger partial charge in [0.2, 0.25) is 0 Å². The Labute approximate surface area is 341 Å². The molecule has 3 aliphatic rings. The van der Waals surface area contributed by atoms with Gasteiger partial charge in [0.05, 0.1) is 18.5 Å². The van der Waals surface area contributed by atoms with Crippen LogP contribution >= 0.6 is 0 Å². The Kier molecular flexibility index (Phi) is 13.2. The third-order valence-electron chi connectivity index (χ3n) is 11.9. The second-order valence-electron chi connectivity index (χ2n) is 15.7. The van der Waals surface area contributed by atoms with Crippen LogP contribution in [0.2, 0.25) is 0 Å². The van der Waals surface area contributed by atoms with Crippen molar-refractivity contribution in [1.82, 2.24) is 20.3 Å². The number of fused-ring (bicyclic) bond motifs is 8. The van der Waals surface area contributed by atoms with Gasteiger partial charge in [-0.2, -0.15) is 0 Å². The summed E-state index contributed by atoms with van der Waals surface area (Å²) < 4.78 is 11.0. The number of esters is 2. The summed E-state index contributed by atoms with van der Waals surface area (Å²) in [4.78, 5) is 40.6. The van der Waals surface area contributed by atoms with Crippen LogP contribution in [0.25, 0.3) is 35.6 Å². The van der Waals surface area contributed by atoms with Gasteiger partial charge in [0.15, 0.2) is 0 Å². The van der Waals surface area contributed by atoms with Crippen molar-refractivity contribution in [3.63, 3.8) is 0 Å². The standard InChI is InChI=1S/C45H56N4O5.Mg/c1-11-29-25(6)32-20-34-27(8)31(16-17-38(50)54-19-18-24(5)15-13-14-23(3)4)42(48-34)40-41(45(52)53-10)44(51)39-28(9)35(49-43(39)40)22-37-30(12-2)26(7)33(47-37)21-36(29)46-32;/h11,18,20-23,27,31,41-42,48-49,51H,1,12-17,19H2,2-10H3;/q-2;+2/b24-18+,33-21-,34-20-,37-22-;/t27-,31-,41+,42?;/m0./s1. The summed E-state index contributed by atoms with van der Waals surface area (Å²) in [5, 5.41) is 18.6. The van der Waals surface area contributed by atoms with E-state index in [0.29, 0.717) is 28.5 Å². The van der Waals surface area contributed by atoms with Gasteiger partial charge in [-0.1, -0.05) is 87.3 Å². The molecule has 1 aliphatic carbocycles. The number of nitrogens with zero attached hydrogens (tertiary/aromatic N) is 2. The van der Waals surface area contributed by atoms with E-state index in [1.807, 2.05) is 31.2 Å². The molecule has 1 saturated heterocycles. The number of nitrogens with one attached hydrogen (secondary N) is 2. The van der Waals surface area contributed by atoms with Crippen LogP contribution in [0, 0.1) is 44.4 Å². The van der Waals surface area contributed by atoms with Crippen molar-refractivity contribution in [2.24, 2.45) is 23.7 Å². The van der Waals surface area contributed by atoms with Gasteiger partial charge in [-0.05, 0) is 88.0 Å². The number of H-pyrrole nitrogens is 1. The Morgan fingerprint density at radius 3 is 2.45 bits per heavy atom. The monoisotopic (exact) mass is 756 g/mol. The van der Waals surface area contributed by atoms with E-state index in [-0.39, 0.29) is 59.6 Å². The molecule has 5 heterocycles. The van der Waals surface area contributed by atoms with E-state index in [2.05, 4.69) is 71.4 Å². The number of aliphatic hydroxyl groups excluding tert-OH is 1. The van der Waals surface area contributed by atoms with Crippen molar-refractivity contribution >= 4 is 70.6 Å². The molecule has 0 saturated carbocycles. The minimum absolute atomic E-state index is 0. The molecule has 2 aliphatic heterocycles. The molecule has 0 aromatic carbocycles. The van der Waals surface area contributed by atoms with E-state index < -0.39 is 17.9 Å². The molecule has 3 N–H and O–H groups in total. The zero-order chi connectivity index (χ0) is 39.0. The summed E-state index contributed by atoms with van der Waals surface area (Å²) in [5.41, 5.74) is 10.3. The largest absolute Gasteiger partial charge is 2.00 e. The van der Waals surface area contributed by atoms with Gasteiger partial charge in [-0.3, -0.25) is 9.59 Å². The van der Waals surface area contributed by atoms with Crippen LogP contribution in [0.4, 0.5) is 0 Å². The number of aromatic amines is 1. The molecule has 55 heavy (non-hydrogen) atoms. The van der Waals surface area contributed by atoms with Crippen LogP contribution in [-0.4, -0.2) is 64.8 Å². The number of rotatable bonds is 12. The van der Waals surface area contributed by atoms with Crippen molar-refractivity contribution in [2.75, 3.05) is 13.7 Å². The quantitative estimate of drug-likeness (QED) is 0.139. The molecule has 6 rings (SSSR count). The Balaban J connectivity index is 0.00000580. The molecule has 8 bridgehead atoms. The van der Waals surface area contributed by atoms with Gasteiger partial charge in [0, 0.05) is 28.9 Å². The second kappa shape index (κ2) is 17.3. The van der Waals surface area contributed by atoms with Gasteiger partial charge >= 0.3 is 35.0 Å². The second-order valence-corrected chi connectivity index (χ2v) is 15.7. The molecular formula is C45H56MgN4O5. The van der Waals surface area contributed by atoms with E-state index >= 15 is 0 Å². The first-order valence-corrected chi connectivity index (χ1v) is 19.5. The van der Waals surface area contributed by atoms with E-state index in [1.165, 1.54) is 19.1 Å². The first kappa shape index (κ1) is 42.0. The predicted octanol–water partition coefficient (Wildman–Crippen LogP) is 4.63. The number of hydrogen-bond donors (Lipinski definition) is 3. The van der Waals surface area contributed by atoms with E-state index in [0.717, 1.165) is 80.6 Å². The maximum Gasteiger partial charge on any atom is 2.00 e. The zero-order valence-corrected chi connectivity index (χ0v) is 35.5. The Morgan fingerprint density at radius 1 is 1.04 bits per heavy atom. The number of aromatic nitrogens is 3. The van der Waals surface area contributed by atoms with Crippen LogP contribution in [0.1, 0.15) is 112 Å². The number of ether oxygens (including phenoxy) is 2. The molecule has 3 aromatic rings. The summed E-state index contributed by atoms with van der Waals surface area (Å²) in [6.45, 7) is 21.3. The summed E-state index contributed by atoms with van der Waals surface area (Å²) in [7, 11) is 1.34. The van der Waals surface area contributed by atoms with Crippen LogP contribution in [0.3, 0.4) is 0 Å². The smallest absolute Gasteiger partial charge is 0.657 e. The minimum atomic E-state index is -1.00. The Hall–Kier alpha value is -4.15. The Bertz CT molecular complexity index is 2300. The van der Waals surface area contributed by atoms with Crippen LogP contribution in [0.15, 0.2) is 23.9 Å². The molecule has 0 radical (unpaired) electrons. The molecular weight excluding hydrogens is 701 g/mol. The first-order chi connectivity index (χ1) is 25.8. The van der Waals surface area contributed by atoms with Gasteiger partial charge in [0.1, 0.15) is 18.3 Å². The number of carbonyl (C=O) groups excluding carboxylic acids is 2. The minimum Gasteiger partial charge on any atom is -0.657 e. The molecule has 1 unspecified atom stereocenters. The molecule has 0 spiro atoms. The summed E-state index contributed by atoms with van der Waals surface area (Å²) >= 11 is 0. The summed E-state index contributed by atoms with van der Waals surface area (Å²) in [5.74, 6) is -1.35. The molecule has 10 heteroatoms. The number of aliphatic hydroxyl groups is 1. The molecule has 288 valence electrons. The number of hydrogen-bond acceptors (Lipinski definition) is 6. The Morgan fingerprint density at radius 2 is 1.78 bits per heavy atom. The fourth-order valence-electron chi connectivity index (χ4n) is 8.64. The van der Waals surface area contributed by atoms with Gasteiger partial charge in [0.25, 0.3) is 0 Å². The average Bonchev–Trinajstić information content (AvgIpc) is 3.87. The molecule has 3 aromatic heterocycles. The number of methoxy groups -OCH3 is 1. The number of carbonyl (C=O) groups is 2. The third-order valence-corrected chi connectivity index (χ3v) is 11.9. The average molecular weight is 757 g/mol. The topological polar surface area (TPSA) is 129 Å². The van der Waals surface area contributed by atoms with Crippen molar-refractivity contribution < 1.29 is 24.2 Å². The third kappa shape index (κ3) is 8.08. The van der Waals surface area contributed by atoms with E-state index in [9.17, 15) is 14.7 Å². The maximum absolute atomic E-state index is 13.6. The fraction of sp³-hybridized carbons (Fsp3) is 0.467. The SMILES string of the molecule is C=Cc1c2[n-]c(c1C)/C=C1\NC(C3=c4[nH]c(c(C)c4=C(O)[C@@H]3C(=O)OC)/C=c3\[n-]/c(c(C)c3CC)=C\2)[C@@H](CCC(=O)OC/C=C(\C)CCCC(C)C)[C@@H]1C.[Mg+2]. The number of allylic oxidation sites excluding steroid dienone is 2. The van der Waals surface area contributed by atoms with Crippen molar-refractivity contribution in [2.45, 2.75) is 100.0 Å². The van der Waals surface area contributed by atoms with Gasteiger partial charge < -0.3 is 34.8 Å². The summed E-state index contributed by atoms with van der Waals surface area (Å²) in [6, 6.07) is -0.411. The van der Waals surface area contributed by atoms with Crippen molar-refractivity contribution in [3.05, 3.63) is 90.1 Å². The van der Waals surface area contributed by atoms with Crippen LogP contribution in [0.5, 0.6) is 0 Å². The van der Waals surface area contributed by atoms with E-state index in [1.54, 1.807) is 0 Å². The van der Waals surface area contributed by atoms with E-state index in [4.69, 9.17) is 19.4 Å². The van der Waals surface area contributed by atoms with Crippen molar-refractivity contribution in [1.29, 1.82) is 0 Å². The van der Waals surface area contributed by atoms with Gasteiger partial charge in [-0.15, -0.1) is 22.1 Å². The first-order valence-electron chi connectivity index (χ1n) is 19.5. The normalized spacial score (nSPS) is 22.2. The molecule has 1 fully saturated rings. The molecule has 0 amide bonds. The molecule has 4 atom stereocenters. The maximum atomic E-state index is 13.6. The predicted molar refractivity (Wildman–Crippen MR) is 221 cm³/mol. The zero-order valence-electron chi connectivity index (χ0n) is 34.1. The fourth-order valence-corrected chi connectivity index (χ4v) is 8.64. The van der Waals surface area contributed by atoms with Crippen molar-refractivity contribution in [3.8, 4) is 0 Å². The van der Waals surface area contributed by atoms with Crippen LogP contribution in [-0.2, 0) is 25.5 Å². The molecule has 9 nitrogen and oxygen atoms in total. The van der Waals surface area contributed by atoms with Gasteiger partial charge in [-0.25, -0.2) is 0 Å². The summed E-state index contributed by atoms with van der Waals surface area (Å²) in [6.07, 6.45) is 14.8.